The molecule has 2 atom stereocenters. The summed E-state index contributed by atoms with van der Waals surface area (Å²) in [5, 5.41) is 45.5. The van der Waals surface area contributed by atoms with Gasteiger partial charge in [-0.3, -0.25) is 19.6 Å². The van der Waals surface area contributed by atoms with Crippen LogP contribution in [-0.4, -0.2) is 54.8 Å². The normalized spacial score (nSPS) is 12.8. The van der Waals surface area contributed by atoms with E-state index in [9.17, 15) is 25.1 Å². The van der Waals surface area contributed by atoms with Crippen molar-refractivity contribution in [2.75, 3.05) is 12.8 Å². The molecule has 0 fully saturated rings. The molecule has 0 aliphatic rings. The van der Waals surface area contributed by atoms with Crippen LogP contribution < -0.4 is 21.4 Å². The van der Waals surface area contributed by atoms with Crippen LogP contribution in [0.25, 0.3) is 0 Å². The molecule has 11 heteroatoms. The topological polar surface area (TPSA) is 143 Å². The Morgan fingerprint density at radius 3 is 1.87 bits per heavy atom. The number of nitrogens with one attached hydrogen (secondary N) is 1. The van der Waals surface area contributed by atoms with Gasteiger partial charge < -0.3 is 15.5 Å². The third-order valence-electron chi connectivity index (χ3n) is 8.64. The molecule has 3 N–H and O–H groups in total. The van der Waals surface area contributed by atoms with Crippen LogP contribution in [0.4, 0.5) is 5.69 Å². The lowest BCUT2D eigenvalue weighted by atomic mass is 10.0. The minimum absolute atomic E-state index is 0.0879. The fourth-order valence-electron chi connectivity index (χ4n) is 6.06. The molecule has 3 aromatic carbocycles. The molecule has 1 amide bonds. The van der Waals surface area contributed by atoms with Crippen LogP contribution in [0, 0.1) is 10.1 Å². The van der Waals surface area contributed by atoms with Gasteiger partial charge >= 0.3 is 0 Å². The number of non-ortho nitro benzene ring substituents is 1. The van der Waals surface area contributed by atoms with Gasteiger partial charge in [0.05, 0.1) is 29.9 Å². The summed E-state index contributed by atoms with van der Waals surface area (Å²) in [5.41, 5.74) is 1.39. The van der Waals surface area contributed by atoms with Gasteiger partial charge in [0.25, 0.3) is 5.69 Å². The average Bonchev–Trinajstić information content (AvgIpc) is 3.54. The summed E-state index contributed by atoms with van der Waals surface area (Å²) in [5.74, 6) is -0.226. The van der Waals surface area contributed by atoms with Crippen molar-refractivity contribution in [3.63, 3.8) is 0 Å². The fraction of sp³-hybridized carbons (Fsp3) is 0.417. The molecule has 2 unspecified atom stereocenters. The Morgan fingerprint density at radius 1 is 0.851 bits per heavy atom. The highest BCUT2D eigenvalue weighted by molar-refractivity contribution is 7.95. The smallest absolute Gasteiger partial charge is 0.269 e. The van der Waals surface area contributed by atoms with Gasteiger partial charge in [-0.05, 0) is 61.2 Å². The second-order valence-electron chi connectivity index (χ2n) is 12.0. The summed E-state index contributed by atoms with van der Waals surface area (Å²) in [6, 6.07) is 26.2. The minimum atomic E-state index is -1.93. The summed E-state index contributed by atoms with van der Waals surface area (Å²) in [6.45, 7) is -0.439. The number of carbonyl (C=O) groups excluding carboxylic acids is 1. The van der Waals surface area contributed by atoms with E-state index in [4.69, 9.17) is 0 Å². The molecule has 10 nitrogen and oxygen atoms in total. The zero-order valence-corrected chi connectivity index (χ0v) is 28.0. The minimum Gasteiger partial charge on any atom is -0.394 e. The Hall–Kier alpha value is -3.98. The van der Waals surface area contributed by atoms with E-state index >= 15 is 0 Å². The number of unbranched alkanes of at least 4 members (excludes halogenated alkanes) is 8. The first-order valence-corrected chi connectivity index (χ1v) is 18.5. The van der Waals surface area contributed by atoms with Gasteiger partial charge in [0.1, 0.15) is 24.0 Å². The number of amides is 1. The van der Waals surface area contributed by atoms with Crippen molar-refractivity contribution < 1.29 is 19.9 Å². The molecule has 4 rings (SSSR count). The van der Waals surface area contributed by atoms with Gasteiger partial charge in [-0.1, -0.05) is 85.2 Å². The van der Waals surface area contributed by atoms with Crippen LogP contribution in [0.2, 0.25) is 0 Å². The fourth-order valence-corrected chi connectivity index (χ4v) is 10.3. The van der Waals surface area contributed by atoms with Crippen LogP contribution in [0.15, 0.2) is 91.1 Å². The predicted molar refractivity (Wildman–Crippen MR) is 188 cm³/mol. The van der Waals surface area contributed by atoms with Crippen LogP contribution >= 0.6 is 7.26 Å². The molecular formula is C36H47N5O5P+. The third-order valence-corrected chi connectivity index (χ3v) is 13.0. The number of nitro groups is 1. The van der Waals surface area contributed by atoms with E-state index in [2.05, 4.69) is 82.5 Å². The number of rotatable bonds is 20. The highest BCUT2D eigenvalue weighted by atomic mass is 31.2. The van der Waals surface area contributed by atoms with Gasteiger partial charge in [0.15, 0.2) is 0 Å². The number of nitro benzene ring substituents is 1. The van der Waals surface area contributed by atoms with Gasteiger partial charge in [-0.2, -0.15) is 0 Å². The Balaban J connectivity index is 1.15. The van der Waals surface area contributed by atoms with Crippen molar-refractivity contribution in [2.24, 2.45) is 7.05 Å². The second kappa shape index (κ2) is 18.4. The van der Waals surface area contributed by atoms with E-state index in [0.29, 0.717) is 12.0 Å². The second-order valence-corrected chi connectivity index (χ2v) is 15.6. The SMILES string of the molecule is Cn1cc([P+](CCCCCCCCCCCC(=O)NC(CO)C(O)c2ccc([N+](=O)[O-])cc2)(c2ccccc2)c2ccccc2)nn1. The summed E-state index contributed by atoms with van der Waals surface area (Å²) in [7, 11) is 0.00161. The molecule has 0 spiro atoms. The molecule has 0 radical (unpaired) electrons. The van der Waals surface area contributed by atoms with Gasteiger partial charge in [0.2, 0.25) is 11.3 Å². The Kier molecular flexibility index (Phi) is 14.0. The van der Waals surface area contributed by atoms with Gasteiger partial charge in [-0.15, -0.1) is 0 Å². The molecule has 47 heavy (non-hydrogen) atoms. The van der Waals surface area contributed by atoms with Crippen LogP contribution in [-0.2, 0) is 11.8 Å². The molecule has 0 saturated heterocycles. The highest BCUT2D eigenvalue weighted by Crippen LogP contribution is 2.55. The molecule has 250 valence electrons. The van der Waals surface area contributed by atoms with Crippen molar-refractivity contribution in [1.82, 2.24) is 20.3 Å². The van der Waals surface area contributed by atoms with Crippen molar-refractivity contribution in [3.8, 4) is 0 Å². The molecule has 1 heterocycles. The third kappa shape index (κ3) is 10.0. The number of nitrogens with zero attached hydrogens (tertiary/aromatic N) is 4. The van der Waals surface area contributed by atoms with E-state index in [-0.39, 0.29) is 11.6 Å². The van der Waals surface area contributed by atoms with E-state index in [1.807, 2.05) is 11.7 Å². The monoisotopic (exact) mass is 660 g/mol. The van der Waals surface area contributed by atoms with E-state index in [0.717, 1.165) is 43.7 Å². The number of aliphatic hydroxyl groups is 2. The van der Waals surface area contributed by atoms with Crippen LogP contribution in [0.3, 0.4) is 0 Å². The molecular weight excluding hydrogens is 613 g/mol. The summed E-state index contributed by atoms with van der Waals surface area (Å²) >= 11 is 0. The quantitative estimate of drug-likeness (QED) is 0.0516. The van der Waals surface area contributed by atoms with Crippen molar-refractivity contribution >= 4 is 34.9 Å². The Labute approximate surface area is 277 Å². The summed E-state index contributed by atoms with van der Waals surface area (Å²) < 4.78 is 1.81. The average molecular weight is 661 g/mol. The zero-order valence-electron chi connectivity index (χ0n) is 27.2. The summed E-state index contributed by atoms with van der Waals surface area (Å²) in [4.78, 5) is 22.8. The zero-order chi connectivity index (χ0) is 33.5. The molecule has 0 aliphatic carbocycles. The Morgan fingerprint density at radius 2 is 1.38 bits per heavy atom. The lowest BCUT2D eigenvalue weighted by Crippen LogP contribution is -2.41. The maximum atomic E-state index is 12.4. The van der Waals surface area contributed by atoms with Gasteiger partial charge in [-0.25, -0.2) is 0 Å². The lowest BCUT2D eigenvalue weighted by molar-refractivity contribution is -0.384. The van der Waals surface area contributed by atoms with Crippen molar-refractivity contribution in [1.29, 1.82) is 0 Å². The van der Waals surface area contributed by atoms with Crippen molar-refractivity contribution in [3.05, 3.63) is 107 Å². The number of benzene rings is 3. The Bertz CT molecular complexity index is 1480. The largest absolute Gasteiger partial charge is 0.394 e. The molecule has 0 aliphatic heterocycles. The standard InChI is InChI=1S/C36H46N5O5P/c1-40-27-35(38-39-40)47(31-17-11-9-12-18-31,32-19-13-10-14-20-32)26-16-8-6-4-2-3-5-7-15-21-34(43)37-33(28-42)36(44)29-22-24-30(25-23-29)41(45)46/h9-14,17-20,22-25,27,33,36,42,44H,2-8,15-16,21,26,28H2,1H3/p+1. The van der Waals surface area contributed by atoms with E-state index < -0.39 is 30.9 Å². The molecule has 0 bridgehead atoms. The number of aromatic nitrogens is 3. The number of hydrogen-bond acceptors (Lipinski definition) is 7. The van der Waals surface area contributed by atoms with Crippen molar-refractivity contribution in [2.45, 2.75) is 76.4 Å². The molecule has 1 aromatic heterocycles. The lowest BCUT2D eigenvalue weighted by Gasteiger charge is -2.25. The van der Waals surface area contributed by atoms with E-state index in [1.165, 1.54) is 60.6 Å². The summed E-state index contributed by atoms with van der Waals surface area (Å²) in [6.07, 6.45) is 12.0. The maximum Gasteiger partial charge on any atom is 0.269 e. The first-order chi connectivity index (χ1) is 22.8. The number of hydrogen-bond donors (Lipinski definition) is 3. The van der Waals surface area contributed by atoms with E-state index in [1.54, 1.807) is 0 Å². The van der Waals surface area contributed by atoms with Crippen LogP contribution in [0.5, 0.6) is 0 Å². The highest BCUT2D eigenvalue weighted by Gasteiger charge is 2.47. The molecule has 4 aromatic rings. The van der Waals surface area contributed by atoms with Crippen LogP contribution in [0.1, 0.15) is 75.9 Å². The number of aryl methyl sites for hydroxylation is 1. The first-order valence-electron chi connectivity index (χ1n) is 16.5. The molecule has 0 saturated carbocycles. The first kappa shape index (κ1) is 35.9. The predicted octanol–water partition coefficient (Wildman–Crippen LogP) is 5.13. The maximum absolute atomic E-state index is 12.4. The number of carbonyl (C=O) groups is 1. The van der Waals surface area contributed by atoms with Gasteiger partial charge in [0, 0.05) is 25.6 Å². The number of aliphatic hydroxyl groups excluding tert-OH is 2.